The highest BCUT2D eigenvalue weighted by Gasteiger charge is 2.45. The van der Waals surface area contributed by atoms with Crippen LogP contribution in [0, 0.1) is 5.41 Å². The molecule has 11 heteroatoms. The average molecular weight is 491 g/mol. The zero-order valence-corrected chi connectivity index (χ0v) is 20.4. The fourth-order valence-corrected chi connectivity index (χ4v) is 4.45. The van der Waals surface area contributed by atoms with Gasteiger partial charge in [0.05, 0.1) is 26.3 Å². The zero-order valence-electron chi connectivity index (χ0n) is 20.4. The van der Waals surface area contributed by atoms with Crippen molar-refractivity contribution < 1.29 is 33.5 Å². The van der Waals surface area contributed by atoms with Gasteiger partial charge in [0.2, 0.25) is 11.8 Å². The van der Waals surface area contributed by atoms with E-state index in [1.54, 1.807) is 0 Å². The van der Waals surface area contributed by atoms with Gasteiger partial charge >= 0.3 is 6.09 Å². The lowest BCUT2D eigenvalue weighted by Gasteiger charge is -2.34. The van der Waals surface area contributed by atoms with Crippen molar-refractivity contribution >= 4 is 23.7 Å². The van der Waals surface area contributed by atoms with E-state index in [1.165, 1.54) is 12.1 Å². The number of hydrogen-bond donors (Lipinski definition) is 2. The maximum atomic E-state index is 13.6. The number of benzene rings is 1. The van der Waals surface area contributed by atoms with E-state index in [2.05, 4.69) is 5.32 Å². The van der Waals surface area contributed by atoms with Crippen LogP contribution in [-0.4, -0.2) is 91.8 Å². The van der Waals surface area contributed by atoms with E-state index in [0.29, 0.717) is 32.7 Å². The predicted octanol–water partition coefficient (Wildman–Crippen LogP) is 0.268. The highest BCUT2D eigenvalue weighted by molar-refractivity contribution is 5.99. The number of ether oxygens (including phenoxy) is 2. The fraction of sp³-hybridized carbons (Fsp3) is 0.583. The number of nitrogens with zero attached hydrogens (tertiary/aromatic N) is 2. The molecular formula is C24H34N4O7. The Labute approximate surface area is 204 Å². The minimum absolute atomic E-state index is 0.256. The largest absolute Gasteiger partial charge is 0.426 e. The molecule has 3 atom stereocenters. The summed E-state index contributed by atoms with van der Waals surface area (Å²) in [6.45, 7) is 5.37. The number of likely N-dealkylation sites (N-methyl/N-ethyl adjacent to an activating group) is 1. The number of morpholine rings is 1. The molecule has 2 saturated heterocycles. The highest BCUT2D eigenvalue weighted by atomic mass is 16.7. The fourth-order valence-electron chi connectivity index (χ4n) is 4.45. The van der Waals surface area contributed by atoms with Crippen LogP contribution in [0.1, 0.15) is 25.8 Å². The first kappa shape index (κ1) is 26.6. The van der Waals surface area contributed by atoms with Crippen LogP contribution in [0.3, 0.4) is 0 Å². The summed E-state index contributed by atoms with van der Waals surface area (Å²) in [5, 5.41) is 4.14. The van der Waals surface area contributed by atoms with Gasteiger partial charge in [-0.25, -0.2) is 4.79 Å². The van der Waals surface area contributed by atoms with Crippen LogP contribution in [-0.2, 0) is 35.1 Å². The van der Waals surface area contributed by atoms with E-state index in [-0.39, 0.29) is 13.0 Å². The van der Waals surface area contributed by atoms with Gasteiger partial charge < -0.3 is 30.3 Å². The van der Waals surface area contributed by atoms with Crippen LogP contribution in [0.25, 0.3) is 0 Å². The van der Waals surface area contributed by atoms with E-state index in [4.69, 9.17) is 20.0 Å². The first-order chi connectivity index (χ1) is 16.6. The lowest BCUT2D eigenvalue weighted by molar-refractivity contribution is -0.150. The number of Topliss-reactive ketones (excluding diaryl/α,β-unsaturated/α-hetero) is 1. The lowest BCUT2D eigenvalue weighted by Crippen LogP contribution is -2.57. The number of primary amides is 1. The normalized spacial score (nSPS) is 21.9. The van der Waals surface area contributed by atoms with Crippen molar-refractivity contribution in [3.8, 4) is 0 Å². The maximum Gasteiger partial charge on any atom is 0.426 e. The molecule has 0 saturated carbocycles. The summed E-state index contributed by atoms with van der Waals surface area (Å²) < 4.78 is 10.5. The minimum atomic E-state index is -1.24. The van der Waals surface area contributed by atoms with E-state index >= 15 is 0 Å². The quantitative estimate of drug-likeness (QED) is 0.503. The summed E-state index contributed by atoms with van der Waals surface area (Å²) >= 11 is 0. The number of rotatable bonds is 9. The Morgan fingerprint density at radius 1 is 1.23 bits per heavy atom. The van der Waals surface area contributed by atoms with Gasteiger partial charge in [0.1, 0.15) is 18.7 Å². The van der Waals surface area contributed by atoms with Crippen molar-refractivity contribution in [1.29, 1.82) is 0 Å². The number of hydroxylamine groups is 2. The minimum Gasteiger partial charge on any atom is -0.379 e. The third kappa shape index (κ3) is 7.23. The van der Waals surface area contributed by atoms with Crippen LogP contribution in [0.15, 0.2) is 30.3 Å². The molecule has 3 N–H and O–H groups in total. The lowest BCUT2D eigenvalue weighted by atomic mass is 9.79. The van der Waals surface area contributed by atoms with Crippen LogP contribution in [0.5, 0.6) is 0 Å². The summed E-state index contributed by atoms with van der Waals surface area (Å²) in [6, 6.07) is 7.63. The van der Waals surface area contributed by atoms with Gasteiger partial charge in [-0.1, -0.05) is 44.2 Å². The molecule has 35 heavy (non-hydrogen) atoms. The monoisotopic (exact) mass is 490 g/mol. The molecule has 3 rings (SSSR count). The molecule has 0 aromatic heterocycles. The number of nitrogens with one attached hydrogen (secondary N) is 1. The second-order valence-electron chi connectivity index (χ2n) is 9.64. The van der Waals surface area contributed by atoms with Gasteiger partial charge in [-0.3, -0.25) is 14.4 Å². The number of hydrogen-bond acceptors (Lipinski definition) is 8. The van der Waals surface area contributed by atoms with E-state index < -0.39 is 47.3 Å². The first-order valence-electron chi connectivity index (χ1n) is 11.6. The topological polar surface area (TPSA) is 140 Å². The van der Waals surface area contributed by atoms with Crippen molar-refractivity contribution in [3.05, 3.63) is 35.9 Å². The van der Waals surface area contributed by atoms with Gasteiger partial charge in [-0.05, 0) is 23.8 Å². The molecule has 2 heterocycles. The second-order valence-corrected chi connectivity index (χ2v) is 9.64. The molecule has 2 aliphatic rings. The van der Waals surface area contributed by atoms with Crippen molar-refractivity contribution in [2.75, 3.05) is 40.0 Å². The van der Waals surface area contributed by atoms with Crippen molar-refractivity contribution in [3.63, 3.8) is 0 Å². The Hall–Kier alpha value is -3.02. The van der Waals surface area contributed by atoms with Crippen LogP contribution < -0.4 is 11.1 Å². The Bertz CT molecular complexity index is 918. The van der Waals surface area contributed by atoms with E-state index in [1.807, 2.05) is 44.2 Å². The third-order valence-corrected chi connectivity index (χ3v) is 6.12. The molecule has 11 nitrogen and oxygen atoms in total. The maximum absolute atomic E-state index is 13.6. The molecule has 1 aromatic carbocycles. The number of ketones is 1. The van der Waals surface area contributed by atoms with Gasteiger partial charge in [-0.15, -0.1) is 5.06 Å². The smallest absolute Gasteiger partial charge is 0.379 e. The molecule has 3 amide bonds. The molecule has 1 aromatic rings. The number of nitrogens with two attached hydrogens (primary N) is 1. The van der Waals surface area contributed by atoms with Gasteiger partial charge in [0.25, 0.3) is 0 Å². The van der Waals surface area contributed by atoms with Gasteiger partial charge in [0.15, 0.2) is 11.9 Å². The van der Waals surface area contributed by atoms with Gasteiger partial charge in [-0.2, -0.15) is 0 Å². The summed E-state index contributed by atoms with van der Waals surface area (Å²) in [4.78, 5) is 57.0. The average Bonchev–Trinajstić information content (AvgIpc) is 3.20. The number of carbonyl (C=O) groups excluding carboxylic acids is 4. The van der Waals surface area contributed by atoms with E-state index in [0.717, 1.165) is 10.5 Å². The van der Waals surface area contributed by atoms with Crippen LogP contribution in [0.4, 0.5) is 4.79 Å². The van der Waals surface area contributed by atoms with Crippen molar-refractivity contribution in [1.82, 2.24) is 15.3 Å². The summed E-state index contributed by atoms with van der Waals surface area (Å²) in [7, 11) is 1.40. The Morgan fingerprint density at radius 2 is 1.89 bits per heavy atom. The van der Waals surface area contributed by atoms with Crippen molar-refractivity contribution in [2.24, 2.45) is 11.1 Å². The summed E-state index contributed by atoms with van der Waals surface area (Å²) in [5.41, 5.74) is 6.05. The predicted molar refractivity (Wildman–Crippen MR) is 125 cm³/mol. The van der Waals surface area contributed by atoms with Crippen LogP contribution in [0.2, 0.25) is 0 Å². The standard InChI is InChI=1S/C24H34N4O7/c1-24(2,13-16-7-5-4-6-8-16)14-17(26-23(32)35-28-9-11-33-12-10-28)22(31)27(3)19-18(29)15-34-20(19)21(25)30/h4-8,17,19-20H,9-15H2,1-3H3,(H2,25,30)(H,26,32)/t17-,19?,20?/m0/s1. The second kappa shape index (κ2) is 11.6. The summed E-state index contributed by atoms with van der Waals surface area (Å²) in [5.74, 6) is -1.80. The molecule has 192 valence electrons. The molecule has 0 aliphatic carbocycles. The van der Waals surface area contributed by atoms with E-state index in [9.17, 15) is 19.2 Å². The van der Waals surface area contributed by atoms with Crippen LogP contribution >= 0.6 is 0 Å². The Kier molecular flexibility index (Phi) is 8.82. The highest BCUT2D eigenvalue weighted by Crippen LogP contribution is 2.29. The van der Waals surface area contributed by atoms with Crippen molar-refractivity contribution in [2.45, 2.75) is 44.9 Å². The molecule has 2 aliphatic heterocycles. The third-order valence-electron chi connectivity index (χ3n) is 6.12. The Morgan fingerprint density at radius 3 is 2.51 bits per heavy atom. The SMILES string of the molecule is CN(C(=O)[C@H](CC(C)(C)Cc1ccccc1)NC(=O)ON1CCOCC1)C1C(=O)COC1C(N)=O. The molecule has 0 spiro atoms. The first-order valence-corrected chi connectivity index (χ1v) is 11.6. The molecule has 2 fully saturated rings. The molecular weight excluding hydrogens is 456 g/mol. The number of amides is 3. The number of carbonyl (C=O) groups is 4. The molecule has 0 bridgehead atoms. The Balaban J connectivity index is 1.77. The zero-order chi connectivity index (χ0) is 25.6. The molecule has 2 unspecified atom stereocenters. The molecule has 0 radical (unpaired) electrons. The summed E-state index contributed by atoms with van der Waals surface area (Å²) in [6.07, 6.45) is -1.12. The van der Waals surface area contributed by atoms with Gasteiger partial charge in [0, 0.05) is 7.05 Å².